The predicted octanol–water partition coefficient (Wildman–Crippen LogP) is 4.96. The number of halogens is 2. The summed E-state index contributed by atoms with van der Waals surface area (Å²) in [7, 11) is 0. The van der Waals surface area contributed by atoms with Gasteiger partial charge in [0.15, 0.2) is 0 Å². The first-order valence-corrected chi connectivity index (χ1v) is 6.70. The van der Waals surface area contributed by atoms with Gasteiger partial charge in [-0.15, -0.1) is 0 Å². The van der Waals surface area contributed by atoms with Crippen LogP contribution in [-0.4, -0.2) is 4.98 Å². The van der Waals surface area contributed by atoms with Gasteiger partial charge >= 0.3 is 0 Å². The highest BCUT2D eigenvalue weighted by atomic mass is 79.9. The zero-order valence-corrected chi connectivity index (χ0v) is 11.7. The molecule has 0 saturated heterocycles. The first kappa shape index (κ1) is 12.0. The number of benzene rings is 1. The summed E-state index contributed by atoms with van der Waals surface area (Å²) in [5, 5.41) is 1.74. The molecule has 1 aromatic carbocycles. The van der Waals surface area contributed by atoms with Crippen molar-refractivity contribution in [2.45, 2.75) is 16.8 Å². The number of hydrogen-bond donors (Lipinski definition) is 0. The van der Waals surface area contributed by atoms with Crippen LogP contribution in [0.25, 0.3) is 0 Å². The maximum Gasteiger partial charge on any atom is 0.104 e. The second-order valence-electron chi connectivity index (χ2n) is 3.31. The van der Waals surface area contributed by atoms with Gasteiger partial charge < -0.3 is 0 Å². The number of hydrogen-bond acceptors (Lipinski definition) is 2. The summed E-state index contributed by atoms with van der Waals surface area (Å²) in [5.74, 6) is 0. The molecule has 1 heterocycles. The normalized spacial score (nSPS) is 10.4. The van der Waals surface area contributed by atoms with Gasteiger partial charge in [-0.2, -0.15) is 0 Å². The van der Waals surface area contributed by atoms with Crippen molar-refractivity contribution in [3.63, 3.8) is 0 Å². The van der Waals surface area contributed by atoms with Crippen molar-refractivity contribution in [1.82, 2.24) is 4.98 Å². The Bertz CT molecular complexity index is 516. The summed E-state index contributed by atoms with van der Waals surface area (Å²) in [5.41, 5.74) is 1.14. The fourth-order valence-corrected chi connectivity index (χ4v) is 2.81. The molecule has 0 spiro atoms. The topological polar surface area (TPSA) is 12.9 Å². The summed E-state index contributed by atoms with van der Waals surface area (Å²) >= 11 is 11.1. The van der Waals surface area contributed by atoms with Gasteiger partial charge in [0.2, 0.25) is 0 Å². The first-order valence-electron chi connectivity index (χ1n) is 4.71. The molecule has 0 aliphatic carbocycles. The Morgan fingerprint density at radius 2 is 2.06 bits per heavy atom. The van der Waals surface area contributed by atoms with Crippen LogP contribution in [0, 0.1) is 6.92 Å². The lowest BCUT2D eigenvalue weighted by Crippen LogP contribution is -1.85. The van der Waals surface area contributed by atoms with Gasteiger partial charge in [-0.3, -0.25) is 0 Å². The van der Waals surface area contributed by atoms with Crippen molar-refractivity contribution in [1.29, 1.82) is 0 Å². The van der Waals surface area contributed by atoms with E-state index in [2.05, 4.69) is 20.9 Å². The Morgan fingerprint density at radius 3 is 2.75 bits per heavy atom. The smallest absolute Gasteiger partial charge is 0.104 e. The highest BCUT2D eigenvalue weighted by molar-refractivity contribution is 9.10. The molecule has 0 radical (unpaired) electrons. The van der Waals surface area contributed by atoms with Crippen molar-refractivity contribution in [3.8, 4) is 0 Å². The quantitative estimate of drug-likeness (QED) is 0.777. The number of nitrogens with zero attached hydrogens (tertiary/aromatic N) is 1. The predicted molar refractivity (Wildman–Crippen MR) is 72.2 cm³/mol. The van der Waals surface area contributed by atoms with Crippen LogP contribution >= 0.6 is 39.3 Å². The van der Waals surface area contributed by atoms with Crippen molar-refractivity contribution >= 4 is 39.3 Å². The Labute approximate surface area is 112 Å². The van der Waals surface area contributed by atoms with Crippen LogP contribution in [0.4, 0.5) is 0 Å². The number of aryl methyl sites for hydroxylation is 1. The lowest BCUT2D eigenvalue weighted by molar-refractivity contribution is 1.07. The molecule has 0 bridgehead atoms. The average molecular weight is 315 g/mol. The van der Waals surface area contributed by atoms with Gasteiger partial charge in [0.25, 0.3) is 0 Å². The lowest BCUT2D eigenvalue weighted by Gasteiger charge is -2.06. The molecule has 0 saturated carbocycles. The van der Waals surface area contributed by atoms with Crippen molar-refractivity contribution < 1.29 is 0 Å². The van der Waals surface area contributed by atoms with Gasteiger partial charge in [0, 0.05) is 15.6 Å². The summed E-state index contributed by atoms with van der Waals surface area (Å²) in [6.07, 6.45) is 1.80. The van der Waals surface area contributed by atoms with E-state index in [0.29, 0.717) is 0 Å². The molecule has 1 aromatic heterocycles. The molecular formula is C12H9BrClNS. The van der Waals surface area contributed by atoms with Gasteiger partial charge in [-0.05, 0) is 46.6 Å². The van der Waals surface area contributed by atoms with Crippen molar-refractivity contribution in [3.05, 3.63) is 51.6 Å². The van der Waals surface area contributed by atoms with Gasteiger partial charge in [-0.25, -0.2) is 4.98 Å². The van der Waals surface area contributed by atoms with Crippen LogP contribution < -0.4 is 0 Å². The molecule has 82 valence electrons. The first-order chi connectivity index (χ1) is 7.66. The molecule has 0 unspecified atom stereocenters. The van der Waals surface area contributed by atoms with Crippen LogP contribution in [0.3, 0.4) is 0 Å². The van der Waals surface area contributed by atoms with Crippen LogP contribution in [0.15, 0.2) is 50.9 Å². The van der Waals surface area contributed by atoms with E-state index in [9.17, 15) is 0 Å². The van der Waals surface area contributed by atoms with Crippen molar-refractivity contribution in [2.24, 2.45) is 0 Å². The van der Waals surface area contributed by atoms with E-state index in [0.717, 1.165) is 25.0 Å². The molecule has 0 aliphatic rings. The number of aromatic nitrogens is 1. The summed E-state index contributed by atoms with van der Waals surface area (Å²) in [6, 6.07) is 9.83. The largest absolute Gasteiger partial charge is 0.248 e. The maximum atomic E-state index is 6.10. The minimum Gasteiger partial charge on any atom is -0.248 e. The van der Waals surface area contributed by atoms with Crippen LogP contribution in [0.1, 0.15) is 5.56 Å². The highest BCUT2D eigenvalue weighted by Gasteiger charge is 2.05. The Morgan fingerprint density at radius 1 is 1.31 bits per heavy atom. The fourth-order valence-electron chi connectivity index (χ4n) is 1.27. The molecule has 2 aromatic rings. The van der Waals surface area contributed by atoms with Crippen molar-refractivity contribution in [2.75, 3.05) is 0 Å². The summed E-state index contributed by atoms with van der Waals surface area (Å²) in [4.78, 5) is 5.40. The Kier molecular flexibility index (Phi) is 3.90. The zero-order valence-electron chi connectivity index (χ0n) is 8.58. The fraction of sp³-hybridized carbons (Fsp3) is 0.0833. The average Bonchev–Trinajstić information content (AvgIpc) is 2.25. The van der Waals surface area contributed by atoms with Gasteiger partial charge in [0.1, 0.15) is 5.03 Å². The SMILES string of the molecule is Cc1cc(Br)cnc1Sc1ccccc1Cl. The molecule has 0 N–H and O–H groups in total. The molecular weight excluding hydrogens is 306 g/mol. The summed E-state index contributed by atoms with van der Waals surface area (Å²) in [6.45, 7) is 2.04. The second kappa shape index (κ2) is 5.21. The lowest BCUT2D eigenvalue weighted by atomic mass is 10.3. The Hall–Kier alpha value is -0.510. The van der Waals surface area contributed by atoms with E-state index in [4.69, 9.17) is 11.6 Å². The molecule has 16 heavy (non-hydrogen) atoms. The van der Waals surface area contributed by atoms with Crippen LogP contribution in [-0.2, 0) is 0 Å². The van der Waals surface area contributed by atoms with E-state index >= 15 is 0 Å². The molecule has 0 atom stereocenters. The Balaban J connectivity index is 2.31. The third kappa shape index (κ3) is 2.78. The highest BCUT2D eigenvalue weighted by Crippen LogP contribution is 2.33. The monoisotopic (exact) mass is 313 g/mol. The molecule has 1 nitrogen and oxygen atoms in total. The third-order valence-electron chi connectivity index (χ3n) is 2.04. The molecule has 2 rings (SSSR count). The standard InChI is InChI=1S/C12H9BrClNS/c1-8-6-9(13)7-15-12(8)16-11-5-3-2-4-10(11)14/h2-7H,1H3. The second-order valence-corrected chi connectivity index (χ2v) is 5.66. The van der Waals surface area contributed by atoms with E-state index in [-0.39, 0.29) is 0 Å². The molecule has 4 heteroatoms. The van der Waals surface area contributed by atoms with E-state index in [1.54, 1.807) is 18.0 Å². The van der Waals surface area contributed by atoms with E-state index < -0.39 is 0 Å². The van der Waals surface area contributed by atoms with Gasteiger partial charge in [0.05, 0.1) is 5.02 Å². The van der Waals surface area contributed by atoms with Gasteiger partial charge in [-0.1, -0.05) is 35.5 Å². The van der Waals surface area contributed by atoms with Crippen LogP contribution in [0.2, 0.25) is 5.02 Å². The maximum absolute atomic E-state index is 6.10. The number of pyridine rings is 1. The molecule has 0 aliphatic heterocycles. The van der Waals surface area contributed by atoms with E-state index in [1.165, 1.54) is 0 Å². The summed E-state index contributed by atoms with van der Waals surface area (Å²) < 4.78 is 0.994. The zero-order chi connectivity index (χ0) is 11.5. The third-order valence-corrected chi connectivity index (χ3v) is 4.11. The number of rotatable bonds is 2. The van der Waals surface area contributed by atoms with E-state index in [1.807, 2.05) is 37.3 Å². The minimum atomic E-state index is 0.761. The molecule has 0 amide bonds. The van der Waals surface area contributed by atoms with Crippen LogP contribution in [0.5, 0.6) is 0 Å². The molecule has 0 fully saturated rings. The minimum absolute atomic E-state index is 0.761.